The van der Waals surface area contributed by atoms with Crippen LogP contribution in [0.2, 0.25) is 0 Å². The Morgan fingerprint density at radius 3 is 2.67 bits per heavy atom. The molecular formula is C9H10BrN3O2. The van der Waals surface area contributed by atoms with Gasteiger partial charge in [0.15, 0.2) is 5.75 Å². The number of carbonyl (C=O) groups excluding carboxylic acids is 1. The van der Waals surface area contributed by atoms with Crippen molar-refractivity contribution < 1.29 is 9.53 Å². The second-order valence-electron chi connectivity index (χ2n) is 3.23. The molecule has 1 saturated heterocycles. The molecule has 0 aromatic carbocycles. The average Bonchev–Trinajstić information content (AvgIpc) is 2.58. The Balaban J connectivity index is 2.19. The lowest BCUT2D eigenvalue weighted by molar-refractivity contribution is -0.117. The van der Waals surface area contributed by atoms with Crippen molar-refractivity contribution >= 4 is 27.8 Å². The standard InChI is InChI=1S/C9H10BrN3O2/c1-15-7-3-11-9(12-4-7)13-5-6(10)2-8(13)14/h3-4,6H,2,5H2,1H3. The molecule has 0 saturated carbocycles. The van der Waals surface area contributed by atoms with Crippen molar-refractivity contribution in [2.45, 2.75) is 11.2 Å². The number of anilines is 1. The molecule has 1 unspecified atom stereocenters. The Labute approximate surface area is 95.6 Å². The van der Waals surface area contributed by atoms with E-state index in [4.69, 9.17) is 4.74 Å². The lowest BCUT2D eigenvalue weighted by Gasteiger charge is -2.12. The van der Waals surface area contributed by atoms with Crippen LogP contribution < -0.4 is 9.64 Å². The first kappa shape index (κ1) is 10.4. The molecule has 1 amide bonds. The van der Waals surface area contributed by atoms with Gasteiger partial charge in [0.1, 0.15) is 0 Å². The molecule has 2 rings (SSSR count). The number of halogens is 1. The summed E-state index contributed by atoms with van der Waals surface area (Å²) in [6, 6.07) is 0. The lowest BCUT2D eigenvalue weighted by Crippen LogP contribution is -2.26. The van der Waals surface area contributed by atoms with Gasteiger partial charge in [-0.05, 0) is 0 Å². The number of methoxy groups -OCH3 is 1. The molecule has 1 aliphatic heterocycles. The molecule has 2 heterocycles. The van der Waals surface area contributed by atoms with E-state index in [0.29, 0.717) is 24.7 Å². The molecule has 0 radical (unpaired) electrons. The van der Waals surface area contributed by atoms with Crippen LogP contribution in [-0.2, 0) is 4.79 Å². The largest absolute Gasteiger partial charge is 0.494 e. The summed E-state index contributed by atoms with van der Waals surface area (Å²) in [5, 5.41) is 0. The molecule has 0 aliphatic carbocycles. The van der Waals surface area contributed by atoms with Crippen molar-refractivity contribution in [2.75, 3.05) is 18.6 Å². The van der Waals surface area contributed by atoms with Gasteiger partial charge in [0.2, 0.25) is 11.9 Å². The van der Waals surface area contributed by atoms with Crippen LogP contribution in [0.5, 0.6) is 5.75 Å². The summed E-state index contributed by atoms with van der Waals surface area (Å²) in [6.07, 6.45) is 3.60. The van der Waals surface area contributed by atoms with E-state index in [1.807, 2.05) is 0 Å². The molecule has 1 aliphatic rings. The fourth-order valence-corrected chi connectivity index (χ4v) is 1.98. The van der Waals surface area contributed by atoms with Gasteiger partial charge in [0.25, 0.3) is 0 Å². The molecule has 1 atom stereocenters. The van der Waals surface area contributed by atoms with Crippen LogP contribution >= 0.6 is 15.9 Å². The first-order valence-electron chi connectivity index (χ1n) is 4.51. The van der Waals surface area contributed by atoms with E-state index < -0.39 is 0 Å². The summed E-state index contributed by atoms with van der Waals surface area (Å²) >= 11 is 3.40. The van der Waals surface area contributed by atoms with E-state index in [2.05, 4.69) is 25.9 Å². The Morgan fingerprint density at radius 1 is 1.53 bits per heavy atom. The zero-order chi connectivity index (χ0) is 10.8. The van der Waals surface area contributed by atoms with Gasteiger partial charge in [-0.25, -0.2) is 9.97 Å². The number of hydrogen-bond donors (Lipinski definition) is 0. The Bertz CT molecular complexity index is 368. The van der Waals surface area contributed by atoms with Gasteiger partial charge in [-0.1, -0.05) is 15.9 Å². The normalized spacial score (nSPS) is 20.8. The van der Waals surface area contributed by atoms with E-state index in [1.165, 1.54) is 0 Å². The highest BCUT2D eigenvalue weighted by Gasteiger charge is 2.30. The minimum Gasteiger partial charge on any atom is -0.494 e. The molecule has 0 bridgehead atoms. The van der Waals surface area contributed by atoms with Gasteiger partial charge in [0.05, 0.1) is 19.5 Å². The van der Waals surface area contributed by atoms with Gasteiger partial charge < -0.3 is 4.74 Å². The molecule has 0 N–H and O–H groups in total. The van der Waals surface area contributed by atoms with Crippen LogP contribution in [0.4, 0.5) is 5.95 Å². The highest BCUT2D eigenvalue weighted by molar-refractivity contribution is 9.09. The van der Waals surface area contributed by atoms with E-state index >= 15 is 0 Å². The smallest absolute Gasteiger partial charge is 0.232 e. The summed E-state index contributed by atoms with van der Waals surface area (Å²) < 4.78 is 4.94. The molecule has 6 heteroatoms. The predicted molar refractivity (Wildman–Crippen MR) is 58.3 cm³/mol. The van der Waals surface area contributed by atoms with Crippen molar-refractivity contribution in [1.82, 2.24) is 9.97 Å². The van der Waals surface area contributed by atoms with Crippen LogP contribution in [0.15, 0.2) is 12.4 Å². The number of amides is 1. The van der Waals surface area contributed by atoms with Crippen molar-refractivity contribution in [1.29, 1.82) is 0 Å². The zero-order valence-electron chi connectivity index (χ0n) is 8.18. The summed E-state index contributed by atoms with van der Waals surface area (Å²) in [7, 11) is 1.55. The van der Waals surface area contributed by atoms with Crippen LogP contribution in [0.3, 0.4) is 0 Å². The number of aromatic nitrogens is 2. The fourth-order valence-electron chi connectivity index (χ4n) is 1.41. The number of nitrogens with zero attached hydrogens (tertiary/aromatic N) is 3. The number of hydrogen-bond acceptors (Lipinski definition) is 4. The first-order chi connectivity index (χ1) is 7.20. The molecule has 15 heavy (non-hydrogen) atoms. The summed E-state index contributed by atoms with van der Waals surface area (Å²) in [5.41, 5.74) is 0. The van der Waals surface area contributed by atoms with E-state index in [0.717, 1.165) is 0 Å². The minimum atomic E-state index is 0.0436. The number of alkyl halides is 1. The van der Waals surface area contributed by atoms with Crippen molar-refractivity contribution in [3.8, 4) is 5.75 Å². The van der Waals surface area contributed by atoms with Gasteiger partial charge in [-0.2, -0.15) is 0 Å². The maximum Gasteiger partial charge on any atom is 0.232 e. The number of carbonyl (C=O) groups is 1. The molecule has 1 fully saturated rings. The van der Waals surface area contributed by atoms with Gasteiger partial charge in [0, 0.05) is 17.8 Å². The first-order valence-corrected chi connectivity index (χ1v) is 5.42. The van der Waals surface area contributed by atoms with E-state index in [-0.39, 0.29) is 10.7 Å². The van der Waals surface area contributed by atoms with Crippen LogP contribution in [-0.4, -0.2) is 34.4 Å². The molecular weight excluding hydrogens is 262 g/mol. The predicted octanol–water partition coefficient (Wildman–Crippen LogP) is 0.985. The number of rotatable bonds is 2. The van der Waals surface area contributed by atoms with Gasteiger partial charge >= 0.3 is 0 Å². The molecule has 0 spiro atoms. The highest BCUT2D eigenvalue weighted by Crippen LogP contribution is 2.22. The maximum atomic E-state index is 11.5. The second kappa shape index (κ2) is 4.14. The third kappa shape index (κ3) is 2.09. The third-order valence-electron chi connectivity index (χ3n) is 2.17. The second-order valence-corrected chi connectivity index (χ2v) is 4.52. The maximum absolute atomic E-state index is 11.5. The van der Waals surface area contributed by atoms with Gasteiger partial charge in [-0.3, -0.25) is 9.69 Å². The van der Waals surface area contributed by atoms with E-state index in [9.17, 15) is 4.79 Å². The summed E-state index contributed by atoms with van der Waals surface area (Å²) in [6.45, 7) is 0.616. The van der Waals surface area contributed by atoms with Crippen LogP contribution in [0.25, 0.3) is 0 Å². The third-order valence-corrected chi connectivity index (χ3v) is 2.78. The minimum absolute atomic E-state index is 0.0436. The Hall–Kier alpha value is -1.17. The quantitative estimate of drug-likeness (QED) is 0.753. The van der Waals surface area contributed by atoms with Crippen LogP contribution in [0.1, 0.15) is 6.42 Å². The molecule has 1 aromatic rings. The summed E-state index contributed by atoms with van der Waals surface area (Å²) in [4.78, 5) is 21.4. The fraction of sp³-hybridized carbons (Fsp3) is 0.444. The molecule has 5 nitrogen and oxygen atoms in total. The topological polar surface area (TPSA) is 55.3 Å². The lowest BCUT2D eigenvalue weighted by atomic mass is 10.4. The molecule has 1 aromatic heterocycles. The SMILES string of the molecule is COc1cnc(N2CC(Br)CC2=O)nc1. The molecule has 80 valence electrons. The monoisotopic (exact) mass is 271 g/mol. The summed E-state index contributed by atoms with van der Waals surface area (Å²) in [5.74, 6) is 1.06. The van der Waals surface area contributed by atoms with Crippen molar-refractivity contribution in [3.63, 3.8) is 0 Å². The average molecular weight is 272 g/mol. The van der Waals surface area contributed by atoms with Gasteiger partial charge in [-0.15, -0.1) is 0 Å². The van der Waals surface area contributed by atoms with E-state index in [1.54, 1.807) is 24.4 Å². The van der Waals surface area contributed by atoms with Crippen molar-refractivity contribution in [3.05, 3.63) is 12.4 Å². The zero-order valence-corrected chi connectivity index (χ0v) is 9.77. The Kier molecular flexibility index (Phi) is 2.86. The Morgan fingerprint density at radius 2 is 2.20 bits per heavy atom. The highest BCUT2D eigenvalue weighted by atomic mass is 79.9. The number of ether oxygens (including phenoxy) is 1. The van der Waals surface area contributed by atoms with Crippen molar-refractivity contribution in [2.24, 2.45) is 0 Å². The van der Waals surface area contributed by atoms with Crippen LogP contribution in [0, 0.1) is 0 Å².